The van der Waals surface area contributed by atoms with Gasteiger partial charge in [0.25, 0.3) is 0 Å². The normalized spacial score (nSPS) is 18.7. The summed E-state index contributed by atoms with van der Waals surface area (Å²) in [5.74, 6) is 0.562. The molecule has 1 aliphatic heterocycles. The van der Waals surface area contributed by atoms with Crippen molar-refractivity contribution in [3.8, 4) is 0 Å². The molecule has 1 aromatic rings. The van der Waals surface area contributed by atoms with E-state index in [4.69, 9.17) is 16.3 Å². The van der Waals surface area contributed by atoms with Crippen LogP contribution in [0.1, 0.15) is 40.0 Å². The Labute approximate surface area is 142 Å². The van der Waals surface area contributed by atoms with Gasteiger partial charge in [0, 0.05) is 26.3 Å². The van der Waals surface area contributed by atoms with Crippen molar-refractivity contribution in [1.82, 2.24) is 14.9 Å². The maximum absolute atomic E-state index is 12.4. The second kappa shape index (κ2) is 7.34. The summed E-state index contributed by atoms with van der Waals surface area (Å²) >= 11 is 5.92. The highest BCUT2D eigenvalue weighted by Crippen LogP contribution is 2.22. The Bertz CT molecular complexity index is 547. The number of ether oxygens (including phenoxy) is 1. The highest BCUT2D eigenvalue weighted by molar-refractivity contribution is 6.29. The lowest BCUT2D eigenvalue weighted by Gasteiger charge is -2.38. The minimum Gasteiger partial charge on any atom is -0.444 e. The van der Waals surface area contributed by atoms with E-state index in [1.165, 1.54) is 0 Å². The molecule has 0 radical (unpaired) electrons. The summed E-state index contributed by atoms with van der Waals surface area (Å²) in [5, 5.41) is 0.412. The van der Waals surface area contributed by atoms with Crippen molar-refractivity contribution in [3.63, 3.8) is 0 Å². The molecule has 0 aliphatic carbocycles. The van der Waals surface area contributed by atoms with Gasteiger partial charge in [0.05, 0.1) is 6.04 Å². The molecule has 0 N–H and O–H groups in total. The van der Waals surface area contributed by atoms with Crippen LogP contribution in [-0.4, -0.2) is 52.7 Å². The molecule has 1 atom stereocenters. The maximum atomic E-state index is 12.4. The molecule has 6 nitrogen and oxygen atoms in total. The number of rotatable bonds is 3. The van der Waals surface area contributed by atoms with Gasteiger partial charge in [-0.05, 0) is 46.1 Å². The first-order valence-electron chi connectivity index (χ1n) is 7.95. The average Bonchev–Trinajstić information content (AvgIpc) is 2.46. The summed E-state index contributed by atoms with van der Waals surface area (Å²) in [5.41, 5.74) is -0.485. The van der Waals surface area contributed by atoms with Crippen LogP contribution in [0.15, 0.2) is 12.3 Å². The third-order valence-corrected chi connectivity index (χ3v) is 3.90. The molecule has 0 bridgehead atoms. The van der Waals surface area contributed by atoms with Gasteiger partial charge in [-0.15, -0.1) is 0 Å². The molecule has 1 amide bonds. The van der Waals surface area contributed by atoms with Crippen molar-refractivity contribution >= 4 is 23.6 Å². The van der Waals surface area contributed by atoms with Crippen LogP contribution in [0.25, 0.3) is 0 Å². The number of hydrogen-bond donors (Lipinski definition) is 0. The second-order valence-electron chi connectivity index (χ2n) is 6.88. The molecule has 1 saturated heterocycles. The minimum atomic E-state index is -0.485. The van der Waals surface area contributed by atoms with E-state index in [9.17, 15) is 4.79 Å². The summed E-state index contributed by atoms with van der Waals surface area (Å²) in [6.07, 6.45) is 4.45. The molecule has 23 heavy (non-hydrogen) atoms. The Hall–Kier alpha value is -1.56. The van der Waals surface area contributed by atoms with Gasteiger partial charge >= 0.3 is 6.09 Å². The molecule has 1 aliphatic rings. The van der Waals surface area contributed by atoms with Gasteiger partial charge in [-0.1, -0.05) is 11.6 Å². The van der Waals surface area contributed by atoms with Crippen molar-refractivity contribution in [3.05, 3.63) is 17.4 Å². The van der Waals surface area contributed by atoms with Gasteiger partial charge in [-0.25, -0.2) is 14.8 Å². The summed E-state index contributed by atoms with van der Waals surface area (Å²) in [6.45, 7) is 7.03. The SMILES string of the molecule is CN(C[C@@H]1CCCCN1C(=O)OC(C)(C)C)c1nccc(Cl)n1. The lowest BCUT2D eigenvalue weighted by atomic mass is 10.0. The molecule has 0 aromatic carbocycles. The third-order valence-electron chi connectivity index (χ3n) is 3.69. The van der Waals surface area contributed by atoms with Crippen LogP contribution in [-0.2, 0) is 4.74 Å². The number of anilines is 1. The van der Waals surface area contributed by atoms with Gasteiger partial charge in [0.15, 0.2) is 0 Å². The van der Waals surface area contributed by atoms with Crippen molar-refractivity contribution < 1.29 is 9.53 Å². The molecule has 2 heterocycles. The van der Waals surface area contributed by atoms with Crippen LogP contribution in [0, 0.1) is 0 Å². The summed E-state index contributed by atoms with van der Waals surface area (Å²) < 4.78 is 5.53. The van der Waals surface area contributed by atoms with Gasteiger partial charge in [-0.3, -0.25) is 0 Å². The Morgan fingerprint density at radius 2 is 2.22 bits per heavy atom. The van der Waals surface area contributed by atoms with Crippen molar-refractivity contribution in [2.24, 2.45) is 0 Å². The molecule has 1 aromatic heterocycles. The summed E-state index contributed by atoms with van der Waals surface area (Å²) in [4.78, 5) is 24.6. The first kappa shape index (κ1) is 17.8. The number of likely N-dealkylation sites (tertiary alicyclic amines) is 1. The van der Waals surface area contributed by atoms with Crippen LogP contribution in [0.4, 0.5) is 10.7 Å². The fourth-order valence-corrected chi connectivity index (χ4v) is 2.79. The number of carbonyl (C=O) groups is 1. The van der Waals surface area contributed by atoms with Crippen LogP contribution < -0.4 is 4.90 Å². The maximum Gasteiger partial charge on any atom is 0.410 e. The highest BCUT2D eigenvalue weighted by atomic mass is 35.5. The quantitative estimate of drug-likeness (QED) is 0.790. The van der Waals surface area contributed by atoms with Gasteiger partial charge in [-0.2, -0.15) is 0 Å². The molecule has 7 heteroatoms. The Morgan fingerprint density at radius 1 is 1.48 bits per heavy atom. The Morgan fingerprint density at radius 3 is 2.87 bits per heavy atom. The number of piperidine rings is 1. The largest absolute Gasteiger partial charge is 0.444 e. The number of nitrogens with zero attached hydrogens (tertiary/aromatic N) is 4. The zero-order valence-corrected chi connectivity index (χ0v) is 15.0. The van der Waals surface area contributed by atoms with E-state index in [2.05, 4.69) is 9.97 Å². The first-order valence-corrected chi connectivity index (χ1v) is 8.33. The molecule has 0 spiro atoms. The summed E-state index contributed by atoms with van der Waals surface area (Å²) in [6, 6.07) is 1.73. The molecule has 1 fully saturated rings. The Kier molecular flexibility index (Phi) is 5.68. The van der Waals surface area contributed by atoms with Crippen LogP contribution in [0.2, 0.25) is 5.15 Å². The van der Waals surface area contributed by atoms with Crippen LogP contribution in [0.3, 0.4) is 0 Å². The smallest absolute Gasteiger partial charge is 0.410 e. The van der Waals surface area contributed by atoms with Crippen LogP contribution in [0.5, 0.6) is 0 Å². The lowest BCUT2D eigenvalue weighted by Crippen LogP contribution is -2.50. The van der Waals surface area contributed by atoms with Crippen molar-refractivity contribution in [1.29, 1.82) is 0 Å². The predicted octanol–water partition coefficient (Wildman–Crippen LogP) is 3.36. The Balaban J connectivity index is 2.05. The fraction of sp³-hybridized carbons (Fsp3) is 0.688. The van der Waals surface area contributed by atoms with E-state index >= 15 is 0 Å². The van der Waals surface area contributed by atoms with Gasteiger partial charge in [0.2, 0.25) is 5.95 Å². The zero-order valence-electron chi connectivity index (χ0n) is 14.3. The number of halogens is 1. The summed E-state index contributed by atoms with van der Waals surface area (Å²) in [7, 11) is 1.91. The number of carbonyl (C=O) groups excluding carboxylic acids is 1. The zero-order chi connectivity index (χ0) is 17.0. The molecule has 0 unspecified atom stereocenters. The standard InChI is InChI=1S/C16H25ClN4O2/c1-16(2,3)23-15(22)21-10-6-5-7-12(21)11-20(4)14-18-9-8-13(17)19-14/h8-9,12H,5-7,10-11H2,1-4H3/t12-/m0/s1. The van der Waals surface area contributed by atoms with E-state index < -0.39 is 5.60 Å². The van der Waals surface area contributed by atoms with Gasteiger partial charge < -0.3 is 14.5 Å². The average molecular weight is 341 g/mol. The second-order valence-corrected chi connectivity index (χ2v) is 7.27. The van der Waals surface area contributed by atoms with Crippen LogP contribution >= 0.6 is 11.6 Å². The van der Waals surface area contributed by atoms with Crippen molar-refractivity contribution in [2.45, 2.75) is 51.7 Å². The monoisotopic (exact) mass is 340 g/mol. The lowest BCUT2D eigenvalue weighted by molar-refractivity contribution is 0.0108. The number of hydrogen-bond acceptors (Lipinski definition) is 5. The van der Waals surface area contributed by atoms with E-state index in [1.54, 1.807) is 12.3 Å². The third kappa shape index (κ3) is 5.23. The van der Waals surface area contributed by atoms with E-state index in [0.29, 0.717) is 17.6 Å². The molecule has 0 saturated carbocycles. The van der Waals surface area contributed by atoms with E-state index in [1.807, 2.05) is 37.6 Å². The number of likely N-dealkylation sites (N-methyl/N-ethyl adjacent to an activating group) is 1. The molecule has 2 rings (SSSR count). The van der Waals surface area contributed by atoms with Gasteiger partial charge in [0.1, 0.15) is 10.8 Å². The fourth-order valence-electron chi connectivity index (χ4n) is 2.66. The van der Waals surface area contributed by atoms with E-state index in [-0.39, 0.29) is 12.1 Å². The molecular formula is C16H25ClN4O2. The number of aromatic nitrogens is 2. The predicted molar refractivity (Wildman–Crippen MR) is 90.9 cm³/mol. The first-order chi connectivity index (χ1) is 10.8. The highest BCUT2D eigenvalue weighted by Gasteiger charge is 2.31. The number of amides is 1. The molecular weight excluding hydrogens is 316 g/mol. The van der Waals surface area contributed by atoms with E-state index in [0.717, 1.165) is 25.8 Å². The topological polar surface area (TPSA) is 58.6 Å². The minimum absolute atomic E-state index is 0.0891. The van der Waals surface area contributed by atoms with Crippen molar-refractivity contribution in [2.75, 3.05) is 25.0 Å². The molecule has 128 valence electrons.